The second kappa shape index (κ2) is 5.88. The minimum absolute atomic E-state index is 0.192. The molecule has 0 unspecified atom stereocenters. The molecule has 1 heterocycles. The Balaban J connectivity index is 2.07. The van der Waals surface area contributed by atoms with Crippen LogP contribution in [0.1, 0.15) is 69.4 Å². The number of ether oxygens (including phenoxy) is 2. The van der Waals surface area contributed by atoms with Crippen molar-refractivity contribution >= 4 is 0 Å². The van der Waals surface area contributed by atoms with Crippen LogP contribution in [0.2, 0.25) is 0 Å². The van der Waals surface area contributed by atoms with E-state index in [0.29, 0.717) is 5.92 Å². The first-order valence-corrected chi connectivity index (χ1v) is 8.33. The Bertz CT molecular complexity index is 504. The fourth-order valence-corrected chi connectivity index (χ4v) is 3.59. The maximum absolute atomic E-state index is 6.79. The molecule has 21 heavy (non-hydrogen) atoms. The molecule has 0 aromatic heterocycles. The van der Waals surface area contributed by atoms with Crippen molar-refractivity contribution < 1.29 is 9.47 Å². The number of nitrogens with two attached hydrogens (primary N) is 1. The first-order valence-electron chi connectivity index (χ1n) is 8.33. The molecule has 0 spiro atoms. The number of hydrogen-bond donors (Lipinski definition) is 1. The predicted octanol–water partition coefficient (Wildman–Crippen LogP) is 4.09. The van der Waals surface area contributed by atoms with Gasteiger partial charge in [0.1, 0.15) is 0 Å². The summed E-state index contributed by atoms with van der Waals surface area (Å²) < 4.78 is 11.7. The van der Waals surface area contributed by atoms with Crippen molar-refractivity contribution in [2.75, 3.05) is 13.2 Å². The number of hydrogen-bond acceptors (Lipinski definition) is 3. The molecule has 3 heteroatoms. The summed E-state index contributed by atoms with van der Waals surface area (Å²) in [5.41, 5.74) is 9.20. The van der Waals surface area contributed by atoms with Gasteiger partial charge in [-0.05, 0) is 42.0 Å². The molecule has 2 N–H and O–H groups in total. The summed E-state index contributed by atoms with van der Waals surface area (Å²) in [5.74, 6) is 2.21. The van der Waals surface area contributed by atoms with Crippen molar-refractivity contribution in [1.29, 1.82) is 0 Å². The first kappa shape index (κ1) is 14.7. The van der Waals surface area contributed by atoms with Gasteiger partial charge in [-0.2, -0.15) is 0 Å². The van der Waals surface area contributed by atoms with E-state index in [1.165, 1.54) is 30.4 Å². The molecule has 0 saturated heterocycles. The van der Waals surface area contributed by atoms with Gasteiger partial charge in [-0.3, -0.25) is 0 Å². The van der Waals surface area contributed by atoms with E-state index in [1.807, 2.05) is 0 Å². The smallest absolute Gasteiger partial charge is 0.161 e. The summed E-state index contributed by atoms with van der Waals surface area (Å²) in [6.45, 7) is 5.92. The Morgan fingerprint density at radius 2 is 1.57 bits per heavy atom. The van der Waals surface area contributed by atoms with Crippen molar-refractivity contribution in [2.24, 2.45) is 5.73 Å². The lowest BCUT2D eigenvalue weighted by Crippen LogP contribution is -2.39. The third-order valence-electron chi connectivity index (χ3n) is 4.82. The van der Waals surface area contributed by atoms with Crippen LogP contribution < -0.4 is 15.2 Å². The molecule has 3 rings (SSSR count). The van der Waals surface area contributed by atoms with E-state index < -0.39 is 0 Å². The van der Waals surface area contributed by atoms with E-state index in [2.05, 4.69) is 26.0 Å². The summed E-state index contributed by atoms with van der Waals surface area (Å²) in [6, 6.07) is 4.34. The van der Waals surface area contributed by atoms with Crippen LogP contribution in [0.15, 0.2) is 12.1 Å². The van der Waals surface area contributed by atoms with Crippen LogP contribution in [0.25, 0.3) is 0 Å². The molecule has 1 aromatic carbocycles. The monoisotopic (exact) mass is 289 g/mol. The quantitative estimate of drug-likeness (QED) is 0.892. The minimum Gasteiger partial charge on any atom is -0.490 e. The van der Waals surface area contributed by atoms with E-state index in [1.54, 1.807) is 0 Å². The van der Waals surface area contributed by atoms with Gasteiger partial charge in [0.15, 0.2) is 11.5 Å². The second-order valence-corrected chi connectivity index (χ2v) is 6.81. The topological polar surface area (TPSA) is 44.5 Å². The van der Waals surface area contributed by atoms with Crippen molar-refractivity contribution in [1.82, 2.24) is 0 Å². The Morgan fingerprint density at radius 1 is 0.952 bits per heavy atom. The lowest BCUT2D eigenvalue weighted by Gasteiger charge is -2.36. The van der Waals surface area contributed by atoms with Crippen LogP contribution in [0.4, 0.5) is 0 Å². The average Bonchev–Trinajstić information content (AvgIpc) is 2.71. The molecule has 3 nitrogen and oxygen atoms in total. The fourth-order valence-electron chi connectivity index (χ4n) is 3.59. The third-order valence-corrected chi connectivity index (χ3v) is 4.82. The normalized spacial score (nSPS) is 21.1. The highest BCUT2D eigenvalue weighted by Gasteiger charge is 2.33. The molecule has 0 atom stereocenters. The van der Waals surface area contributed by atoms with Crippen LogP contribution >= 0.6 is 0 Å². The van der Waals surface area contributed by atoms with Crippen molar-refractivity contribution in [3.05, 3.63) is 23.3 Å². The molecule has 1 fully saturated rings. The fraction of sp³-hybridized carbons (Fsp3) is 0.667. The largest absolute Gasteiger partial charge is 0.490 e. The molecule has 116 valence electrons. The highest BCUT2D eigenvalue weighted by atomic mass is 16.5. The molecular weight excluding hydrogens is 262 g/mol. The maximum atomic E-state index is 6.79. The van der Waals surface area contributed by atoms with Crippen molar-refractivity contribution in [3.8, 4) is 11.5 Å². The highest BCUT2D eigenvalue weighted by Crippen LogP contribution is 2.43. The van der Waals surface area contributed by atoms with E-state index in [4.69, 9.17) is 15.2 Å². The Kier molecular flexibility index (Phi) is 4.12. The highest BCUT2D eigenvalue weighted by molar-refractivity contribution is 5.51. The molecule has 1 saturated carbocycles. The SMILES string of the molecule is CC(C)c1cc2c(cc1C1(N)CCCCC1)OCCCO2. The average molecular weight is 289 g/mol. The van der Waals surface area contributed by atoms with Gasteiger partial charge in [0.25, 0.3) is 0 Å². The molecule has 0 bridgehead atoms. The predicted molar refractivity (Wildman–Crippen MR) is 85.1 cm³/mol. The van der Waals surface area contributed by atoms with Gasteiger partial charge in [-0.15, -0.1) is 0 Å². The zero-order chi connectivity index (χ0) is 14.9. The van der Waals surface area contributed by atoms with E-state index >= 15 is 0 Å². The second-order valence-electron chi connectivity index (χ2n) is 6.81. The van der Waals surface area contributed by atoms with Crippen LogP contribution in [0.3, 0.4) is 0 Å². The summed E-state index contributed by atoms with van der Waals surface area (Å²) in [4.78, 5) is 0. The van der Waals surface area contributed by atoms with Gasteiger partial charge in [0.2, 0.25) is 0 Å². The zero-order valence-electron chi connectivity index (χ0n) is 13.3. The van der Waals surface area contributed by atoms with Gasteiger partial charge in [0.05, 0.1) is 13.2 Å². The van der Waals surface area contributed by atoms with E-state index in [0.717, 1.165) is 44.0 Å². The molecule has 1 aromatic rings. The van der Waals surface area contributed by atoms with Gasteiger partial charge in [0, 0.05) is 12.0 Å². The Hall–Kier alpha value is -1.22. The van der Waals surface area contributed by atoms with Crippen LogP contribution in [-0.2, 0) is 5.54 Å². The first-order chi connectivity index (χ1) is 10.1. The Labute approximate surface area is 127 Å². The van der Waals surface area contributed by atoms with Crippen LogP contribution in [-0.4, -0.2) is 13.2 Å². The van der Waals surface area contributed by atoms with Gasteiger partial charge in [-0.25, -0.2) is 0 Å². The van der Waals surface area contributed by atoms with Crippen LogP contribution in [0.5, 0.6) is 11.5 Å². The molecular formula is C18H27NO2. The summed E-state index contributed by atoms with van der Waals surface area (Å²) in [6.07, 6.45) is 6.85. The van der Waals surface area contributed by atoms with Crippen LogP contribution in [0, 0.1) is 0 Å². The lowest BCUT2D eigenvalue weighted by molar-refractivity contribution is 0.292. The van der Waals surface area contributed by atoms with Gasteiger partial charge < -0.3 is 15.2 Å². The summed E-state index contributed by atoms with van der Waals surface area (Å²) in [5, 5.41) is 0. The molecule has 0 radical (unpaired) electrons. The Morgan fingerprint density at radius 3 is 2.19 bits per heavy atom. The van der Waals surface area contributed by atoms with Gasteiger partial charge >= 0.3 is 0 Å². The van der Waals surface area contributed by atoms with E-state index in [9.17, 15) is 0 Å². The van der Waals surface area contributed by atoms with Crippen molar-refractivity contribution in [3.63, 3.8) is 0 Å². The minimum atomic E-state index is -0.192. The number of fused-ring (bicyclic) bond motifs is 1. The van der Waals surface area contributed by atoms with E-state index in [-0.39, 0.29) is 5.54 Å². The summed E-state index contributed by atoms with van der Waals surface area (Å²) in [7, 11) is 0. The molecule has 1 aliphatic carbocycles. The third kappa shape index (κ3) is 2.89. The van der Waals surface area contributed by atoms with Crippen molar-refractivity contribution in [2.45, 2.75) is 63.8 Å². The maximum Gasteiger partial charge on any atom is 0.161 e. The lowest BCUT2D eigenvalue weighted by atomic mass is 9.74. The standard InChI is InChI=1S/C18H27NO2/c1-13(2)14-11-16-17(21-10-6-9-20-16)12-15(14)18(19)7-4-3-5-8-18/h11-13H,3-10,19H2,1-2H3. The zero-order valence-corrected chi connectivity index (χ0v) is 13.3. The molecule has 1 aliphatic heterocycles. The van der Waals surface area contributed by atoms with Gasteiger partial charge in [-0.1, -0.05) is 33.1 Å². The number of benzene rings is 1. The summed E-state index contributed by atoms with van der Waals surface area (Å²) >= 11 is 0. The molecule has 0 amide bonds. The molecule has 2 aliphatic rings. The number of rotatable bonds is 2.